The average Bonchev–Trinajstić information content (AvgIpc) is 2.86. The van der Waals surface area contributed by atoms with Gasteiger partial charge in [-0.1, -0.05) is 44.9 Å². The van der Waals surface area contributed by atoms with Gasteiger partial charge in [0.1, 0.15) is 11.7 Å². The maximum Gasteiger partial charge on any atom is 0.312 e. The van der Waals surface area contributed by atoms with Gasteiger partial charge in [-0.05, 0) is 40.5 Å². The van der Waals surface area contributed by atoms with Crippen LogP contribution in [0.1, 0.15) is 105 Å². The van der Waals surface area contributed by atoms with Gasteiger partial charge in [-0.3, -0.25) is 4.79 Å². The molecular weight excluding hydrogens is 342 g/mol. The van der Waals surface area contributed by atoms with E-state index in [2.05, 4.69) is 0 Å². The summed E-state index contributed by atoms with van der Waals surface area (Å²) in [4.78, 5) is 12.1. The number of ether oxygens (including phenoxy) is 3. The highest BCUT2D eigenvalue weighted by Crippen LogP contribution is 2.38. The van der Waals surface area contributed by atoms with Crippen LogP contribution < -0.4 is 0 Å². The van der Waals surface area contributed by atoms with Gasteiger partial charge in [-0.15, -0.1) is 0 Å². The fourth-order valence-corrected chi connectivity index (χ4v) is 4.13. The van der Waals surface area contributed by atoms with Crippen LogP contribution in [0, 0.1) is 5.41 Å². The molecule has 1 N–H and O–H groups in total. The molecule has 1 aliphatic heterocycles. The van der Waals surface area contributed by atoms with E-state index in [4.69, 9.17) is 19.6 Å². The fraction of sp³-hybridized carbons (Fsp3) is 0.909. The second-order valence-electron chi connectivity index (χ2n) is 9.24. The van der Waals surface area contributed by atoms with Crippen LogP contribution in [-0.4, -0.2) is 35.3 Å². The minimum atomic E-state index is -0.580. The van der Waals surface area contributed by atoms with Gasteiger partial charge in [-0.25, -0.2) is 0 Å². The van der Waals surface area contributed by atoms with E-state index in [9.17, 15) is 4.79 Å². The molecule has 5 heteroatoms. The van der Waals surface area contributed by atoms with Crippen molar-refractivity contribution in [3.63, 3.8) is 0 Å². The Hall–Kier alpha value is -0.940. The van der Waals surface area contributed by atoms with Crippen molar-refractivity contribution in [3.8, 4) is 0 Å². The monoisotopic (exact) mass is 381 g/mol. The molecule has 2 rings (SSSR count). The van der Waals surface area contributed by atoms with Crippen molar-refractivity contribution in [2.45, 2.75) is 128 Å². The summed E-state index contributed by atoms with van der Waals surface area (Å²) in [5.74, 6) is -0.952. The van der Waals surface area contributed by atoms with E-state index >= 15 is 0 Å². The van der Waals surface area contributed by atoms with Gasteiger partial charge in [0.05, 0.1) is 18.2 Å². The summed E-state index contributed by atoms with van der Waals surface area (Å²) in [6, 6.07) is 0. The van der Waals surface area contributed by atoms with Crippen molar-refractivity contribution >= 4 is 11.7 Å². The second-order valence-corrected chi connectivity index (χ2v) is 9.24. The Morgan fingerprint density at radius 1 is 0.963 bits per heavy atom. The number of nitrogens with one attached hydrogen (secondary N) is 1. The number of esters is 1. The number of rotatable bonds is 3. The second kappa shape index (κ2) is 10.0. The first-order valence-electron chi connectivity index (χ1n) is 10.9. The molecule has 0 aromatic carbocycles. The normalized spacial score (nSPS) is 27.6. The standard InChI is InChI=1S/C22H39NO4/c1-17-20(18(23)16-19(24)26-21(2,3)4)27-22(25-17)14-12-10-8-6-5-7-9-11-13-15-22/h17,20,23H,5-16H2,1-4H3/t17-,20+/m0/s1. The van der Waals surface area contributed by atoms with E-state index in [1.807, 2.05) is 27.7 Å². The van der Waals surface area contributed by atoms with Crippen LogP contribution >= 0.6 is 0 Å². The van der Waals surface area contributed by atoms with E-state index in [0.29, 0.717) is 0 Å². The zero-order valence-corrected chi connectivity index (χ0v) is 17.8. The van der Waals surface area contributed by atoms with Crippen LogP contribution in [0.5, 0.6) is 0 Å². The number of hydrogen-bond acceptors (Lipinski definition) is 5. The van der Waals surface area contributed by atoms with Crippen LogP contribution in [0.4, 0.5) is 0 Å². The lowest BCUT2D eigenvalue weighted by atomic mass is 9.97. The first kappa shape index (κ1) is 22.4. The molecule has 1 spiro atoms. The molecule has 27 heavy (non-hydrogen) atoms. The lowest BCUT2D eigenvalue weighted by Crippen LogP contribution is -2.34. The summed E-state index contributed by atoms with van der Waals surface area (Å²) in [6.07, 6.45) is 12.3. The summed E-state index contributed by atoms with van der Waals surface area (Å²) in [5, 5.41) is 8.39. The van der Waals surface area contributed by atoms with Crippen LogP contribution in [0.3, 0.4) is 0 Å². The Bertz CT molecular complexity index is 485. The van der Waals surface area contributed by atoms with Crippen molar-refractivity contribution in [3.05, 3.63) is 0 Å². The highest BCUT2D eigenvalue weighted by Gasteiger charge is 2.46. The molecule has 0 radical (unpaired) electrons. The largest absolute Gasteiger partial charge is 0.460 e. The third-order valence-electron chi connectivity index (χ3n) is 5.38. The number of carbonyl (C=O) groups excluding carboxylic acids is 1. The highest BCUT2D eigenvalue weighted by atomic mass is 16.8. The summed E-state index contributed by atoms with van der Waals surface area (Å²) >= 11 is 0. The molecule has 0 unspecified atom stereocenters. The van der Waals surface area contributed by atoms with Crippen LogP contribution in [0.15, 0.2) is 0 Å². The molecule has 1 saturated heterocycles. The topological polar surface area (TPSA) is 68.6 Å². The first-order valence-corrected chi connectivity index (χ1v) is 10.9. The Labute approximate surface area is 165 Å². The zero-order chi connectivity index (χ0) is 19.9. The Kier molecular flexibility index (Phi) is 8.29. The third kappa shape index (κ3) is 7.53. The Balaban J connectivity index is 1.95. The number of carbonyl (C=O) groups is 1. The van der Waals surface area contributed by atoms with Gasteiger partial charge in [0.2, 0.25) is 0 Å². The number of hydrogen-bond donors (Lipinski definition) is 1. The zero-order valence-electron chi connectivity index (χ0n) is 17.8. The minimum Gasteiger partial charge on any atom is -0.460 e. The maximum absolute atomic E-state index is 12.1. The van der Waals surface area contributed by atoms with Gasteiger partial charge in [0, 0.05) is 12.8 Å². The molecule has 1 heterocycles. The smallest absolute Gasteiger partial charge is 0.312 e. The molecule has 0 amide bonds. The van der Waals surface area contributed by atoms with Gasteiger partial charge in [0.15, 0.2) is 5.79 Å². The predicted molar refractivity (Wildman–Crippen MR) is 107 cm³/mol. The molecule has 0 bridgehead atoms. The molecule has 5 nitrogen and oxygen atoms in total. The molecule has 156 valence electrons. The Morgan fingerprint density at radius 2 is 1.44 bits per heavy atom. The average molecular weight is 382 g/mol. The van der Waals surface area contributed by atoms with E-state index < -0.39 is 17.5 Å². The lowest BCUT2D eigenvalue weighted by molar-refractivity contribution is -0.181. The molecule has 0 aromatic rings. The van der Waals surface area contributed by atoms with Crippen molar-refractivity contribution in [2.75, 3.05) is 0 Å². The summed E-state index contributed by atoms with van der Waals surface area (Å²) in [7, 11) is 0. The van der Waals surface area contributed by atoms with Crippen molar-refractivity contribution in [1.82, 2.24) is 0 Å². The van der Waals surface area contributed by atoms with Crippen LogP contribution in [0.2, 0.25) is 0 Å². The van der Waals surface area contributed by atoms with Crippen molar-refractivity contribution < 1.29 is 19.0 Å². The van der Waals surface area contributed by atoms with Crippen LogP contribution in [-0.2, 0) is 19.0 Å². The van der Waals surface area contributed by atoms with E-state index in [0.717, 1.165) is 25.7 Å². The van der Waals surface area contributed by atoms with Gasteiger partial charge in [-0.2, -0.15) is 0 Å². The van der Waals surface area contributed by atoms with Crippen molar-refractivity contribution in [2.24, 2.45) is 0 Å². The van der Waals surface area contributed by atoms with Gasteiger partial charge in [0.25, 0.3) is 0 Å². The SMILES string of the molecule is C[C@@H]1OC2(CCCCCCCCCCC2)O[C@H]1C(=N)CC(=O)OC(C)(C)C. The van der Waals surface area contributed by atoms with E-state index in [1.165, 1.54) is 44.9 Å². The maximum atomic E-state index is 12.1. The molecule has 0 aromatic heterocycles. The van der Waals surface area contributed by atoms with Crippen LogP contribution in [0.25, 0.3) is 0 Å². The molecule has 2 atom stereocenters. The third-order valence-corrected chi connectivity index (χ3v) is 5.38. The predicted octanol–water partition coefficient (Wildman–Crippen LogP) is 5.54. The van der Waals surface area contributed by atoms with Gasteiger partial charge >= 0.3 is 5.97 Å². The molecule has 1 aliphatic carbocycles. The molecular formula is C22H39NO4. The van der Waals surface area contributed by atoms with E-state index in [-0.39, 0.29) is 24.2 Å². The quantitative estimate of drug-likeness (QED) is 0.514. The molecule has 2 fully saturated rings. The van der Waals surface area contributed by atoms with Crippen molar-refractivity contribution in [1.29, 1.82) is 5.41 Å². The summed E-state index contributed by atoms with van der Waals surface area (Å²) in [5.41, 5.74) is -0.273. The van der Waals surface area contributed by atoms with Gasteiger partial charge < -0.3 is 19.6 Å². The highest BCUT2D eigenvalue weighted by molar-refractivity contribution is 6.00. The lowest BCUT2D eigenvalue weighted by Gasteiger charge is -2.29. The summed E-state index contributed by atoms with van der Waals surface area (Å²) in [6.45, 7) is 7.48. The molecule has 2 aliphatic rings. The Morgan fingerprint density at radius 3 is 1.93 bits per heavy atom. The van der Waals surface area contributed by atoms with E-state index in [1.54, 1.807) is 0 Å². The summed E-state index contributed by atoms with van der Waals surface area (Å²) < 4.78 is 18.0. The fourth-order valence-electron chi connectivity index (χ4n) is 4.13. The minimum absolute atomic E-state index is 0.0360. The first-order chi connectivity index (χ1) is 12.7. The molecule has 1 saturated carbocycles.